The van der Waals surface area contributed by atoms with E-state index >= 15 is 0 Å². The zero-order chi connectivity index (χ0) is 18.6. The normalized spacial score (nSPS) is 32.0. The molecule has 0 bridgehead atoms. The molecule has 3 unspecified atom stereocenters. The second-order valence-corrected chi connectivity index (χ2v) is 7.75. The van der Waals surface area contributed by atoms with E-state index in [-0.39, 0.29) is 0 Å². The predicted octanol–water partition coefficient (Wildman–Crippen LogP) is 4.77. The lowest BCUT2D eigenvalue weighted by atomic mass is 9.81. The molecule has 0 amide bonds. The van der Waals surface area contributed by atoms with Gasteiger partial charge >= 0.3 is 0 Å². The van der Waals surface area contributed by atoms with E-state index in [9.17, 15) is 0 Å². The van der Waals surface area contributed by atoms with Gasteiger partial charge in [-0.15, -0.1) is 0 Å². The highest BCUT2D eigenvalue weighted by atomic mass is 17.2. The summed E-state index contributed by atoms with van der Waals surface area (Å²) in [5.41, 5.74) is 2.48. The summed E-state index contributed by atoms with van der Waals surface area (Å²) in [4.78, 5) is 9.62. The molecule has 2 saturated carbocycles. The third-order valence-corrected chi connectivity index (χ3v) is 5.48. The Hall–Kier alpha value is -0.840. The van der Waals surface area contributed by atoms with Crippen molar-refractivity contribution in [2.24, 2.45) is 11.8 Å². The quantitative estimate of drug-likeness (QED) is 0.131. The van der Waals surface area contributed by atoms with E-state index in [0.717, 1.165) is 38.0 Å². The van der Waals surface area contributed by atoms with Gasteiger partial charge in [-0.05, 0) is 63.2 Å². The van der Waals surface area contributed by atoms with Crippen LogP contribution < -0.4 is 0 Å². The van der Waals surface area contributed by atoms with Crippen molar-refractivity contribution >= 4 is 0 Å². The maximum atomic E-state index is 6.00. The van der Waals surface area contributed by atoms with Gasteiger partial charge in [0.05, 0.1) is 24.9 Å². The van der Waals surface area contributed by atoms with E-state index in [2.05, 4.69) is 26.2 Å². The molecule has 150 valence electrons. The minimum Gasteiger partial charge on any atom is -0.378 e. The van der Waals surface area contributed by atoms with Gasteiger partial charge in [0.15, 0.2) is 6.26 Å². The van der Waals surface area contributed by atoms with Gasteiger partial charge in [0, 0.05) is 6.61 Å². The summed E-state index contributed by atoms with van der Waals surface area (Å²) >= 11 is 0. The monoisotopic (exact) mass is 368 g/mol. The Balaban J connectivity index is 1.46. The highest BCUT2D eigenvalue weighted by Crippen LogP contribution is 2.31. The molecule has 0 aromatic carbocycles. The molecule has 0 aliphatic heterocycles. The SMILES string of the molecule is C=C=COOCCCOC1CCC(OCOC2CCC(C)CC2C)CC1. The smallest absolute Gasteiger partial charge is 0.171 e. The van der Waals surface area contributed by atoms with Crippen LogP contribution in [0.1, 0.15) is 65.2 Å². The molecule has 0 aromatic heterocycles. The van der Waals surface area contributed by atoms with E-state index in [1.807, 2.05) is 0 Å². The van der Waals surface area contributed by atoms with Gasteiger partial charge < -0.3 is 19.1 Å². The summed E-state index contributed by atoms with van der Waals surface area (Å²) in [7, 11) is 0. The van der Waals surface area contributed by atoms with Crippen LogP contribution in [0.5, 0.6) is 0 Å². The first kappa shape index (κ1) is 21.5. The Morgan fingerprint density at radius 2 is 1.65 bits per heavy atom. The number of rotatable bonds is 11. The second kappa shape index (κ2) is 12.5. The lowest BCUT2D eigenvalue weighted by Crippen LogP contribution is -2.32. The van der Waals surface area contributed by atoms with Crippen molar-refractivity contribution < 1.29 is 24.0 Å². The lowest BCUT2D eigenvalue weighted by Gasteiger charge is -2.33. The van der Waals surface area contributed by atoms with Crippen molar-refractivity contribution in [3.8, 4) is 0 Å². The van der Waals surface area contributed by atoms with Crippen molar-refractivity contribution in [1.29, 1.82) is 0 Å². The zero-order valence-electron chi connectivity index (χ0n) is 16.5. The summed E-state index contributed by atoms with van der Waals surface area (Å²) in [6.45, 7) is 9.66. The van der Waals surface area contributed by atoms with Gasteiger partial charge in [-0.1, -0.05) is 26.2 Å². The average Bonchev–Trinajstić information content (AvgIpc) is 2.64. The highest BCUT2D eigenvalue weighted by molar-refractivity contribution is 4.76. The molecular weight excluding hydrogens is 332 g/mol. The fourth-order valence-corrected chi connectivity index (χ4v) is 3.96. The van der Waals surface area contributed by atoms with Gasteiger partial charge in [0.2, 0.25) is 0 Å². The first-order valence-electron chi connectivity index (χ1n) is 10.2. The van der Waals surface area contributed by atoms with Crippen LogP contribution in [0.15, 0.2) is 18.6 Å². The fourth-order valence-electron chi connectivity index (χ4n) is 3.96. The number of hydrogen-bond acceptors (Lipinski definition) is 5. The molecule has 5 nitrogen and oxygen atoms in total. The van der Waals surface area contributed by atoms with Gasteiger partial charge in [-0.25, -0.2) is 0 Å². The van der Waals surface area contributed by atoms with Gasteiger partial charge in [-0.3, -0.25) is 0 Å². The van der Waals surface area contributed by atoms with Crippen molar-refractivity contribution in [3.05, 3.63) is 18.6 Å². The van der Waals surface area contributed by atoms with Crippen molar-refractivity contribution in [2.75, 3.05) is 20.0 Å². The third-order valence-electron chi connectivity index (χ3n) is 5.48. The van der Waals surface area contributed by atoms with E-state index in [4.69, 9.17) is 24.0 Å². The Kier molecular flexibility index (Phi) is 10.3. The van der Waals surface area contributed by atoms with Gasteiger partial charge in [0.1, 0.15) is 6.79 Å². The Morgan fingerprint density at radius 1 is 0.923 bits per heavy atom. The molecule has 0 radical (unpaired) electrons. The molecule has 2 aliphatic carbocycles. The van der Waals surface area contributed by atoms with E-state index in [1.165, 1.54) is 25.5 Å². The predicted molar refractivity (Wildman–Crippen MR) is 100 cm³/mol. The van der Waals surface area contributed by atoms with Gasteiger partial charge in [-0.2, -0.15) is 4.89 Å². The summed E-state index contributed by atoms with van der Waals surface area (Å²) in [6.07, 6.45) is 11.1. The lowest BCUT2D eigenvalue weighted by molar-refractivity contribution is -0.250. The summed E-state index contributed by atoms with van der Waals surface area (Å²) in [5, 5.41) is 0. The van der Waals surface area contributed by atoms with E-state index in [0.29, 0.717) is 44.2 Å². The molecule has 0 saturated heterocycles. The number of hydrogen-bond donors (Lipinski definition) is 0. The second-order valence-electron chi connectivity index (χ2n) is 7.75. The van der Waals surface area contributed by atoms with Crippen LogP contribution in [0.4, 0.5) is 0 Å². The zero-order valence-corrected chi connectivity index (χ0v) is 16.5. The molecule has 0 N–H and O–H groups in total. The first-order chi connectivity index (χ1) is 12.7. The molecule has 0 aromatic rings. The summed E-state index contributed by atoms with van der Waals surface area (Å²) in [6, 6.07) is 0. The molecule has 3 atom stereocenters. The van der Waals surface area contributed by atoms with E-state index in [1.54, 1.807) is 0 Å². The average molecular weight is 369 g/mol. The van der Waals surface area contributed by atoms with Gasteiger partial charge in [0.25, 0.3) is 0 Å². The molecule has 0 spiro atoms. The molecule has 26 heavy (non-hydrogen) atoms. The fraction of sp³-hybridized carbons (Fsp3) is 0.857. The molecule has 2 rings (SSSR count). The summed E-state index contributed by atoms with van der Waals surface area (Å²) in [5.74, 6) is 1.48. The van der Waals surface area contributed by atoms with Crippen LogP contribution in [-0.2, 0) is 24.0 Å². The Labute approximate surface area is 158 Å². The standard InChI is InChI=1S/C21H36O5/c1-4-12-25-26-14-5-13-22-19-7-9-20(10-8-19)23-16-24-21-11-6-17(2)15-18(21)3/h12,17-21H,1,5-11,13-16H2,2-3H3. The van der Waals surface area contributed by atoms with Crippen molar-refractivity contribution in [1.82, 2.24) is 0 Å². The number of ether oxygens (including phenoxy) is 3. The molecule has 5 heteroatoms. The molecule has 2 fully saturated rings. The van der Waals surface area contributed by atoms with E-state index < -0.39 is 0 Å². The summed E-state index contributed by atoms with van der Waals surface area (Å²) < 4.78 is 17.9. The van der Waals surface area contributed by atoms with Crippen molar-refractivity contribution in [2.45, 2.75) is 83.5 Å². The van der Waals surface area contributed by atoms with Crippen LogP contribution in [0.25, 0.3) is 0 Å². The largest absolute Gasteiger partial charge is 0.378 e. The molecule has 2 aliphatic rings. The maximum Gasteiger partial charge on any atom is 0.171 e. The van der Waals surface area contributed by atoms with Crippen LogP contribution in [-0.4, -0.2) is 38.3 Å². The van der Waals surface area contributed by atoms with Crippen LogP contribution >= 0.6 is 0 Å². The third kappa shape index (κ3) is 8.24. The minimum absolute atomic E-state index is 0.315. The van der Waals surface area contributed by atoms with Crippen molar-refractivity contribution in [3.63, 3.8) is 0 Å². The Morgan fingerprint density at radius 3 is 2.35 bits per heavy atom. The van der Waals surface area contributed by atoms with Crippen LogP contribution in [0, 0.1) is 11.8 Å². The highest BCUT2D eigenvalue weighted by Gasteiger charge is 2.27. The molecule has 0 heterocycles. The topological polar surface area (TPSA) is 46.2 Å². The first-order valence-corrected chi connectivity index (χ1v) is 10.2. The Bertz CT molecular complexity index is 413. The maximum absolute atomic E-state index is 6.00. The minimum atomic E-state index is 0.315. The van der Waals surface area contributed by atoms with Crippen LogP contribution in [0.3, 0.4) is 0 Å². The van der Waals surface area contributed by atoms with Crippen LogP contribution in [0.2, 0.25) is 0 Å². The molecular formula is C21H36O5.